The van der Waals surface area contributed by atoms with E-state index in [-0.39, 0.29) is 35.8 Å². The van der Waals surface area contributed by atoms with Crippen molar-refractivity contribution < 1.29 is 15.1 Å². The van der Waals surface area contributed by atoms with Crippen LogP contribution in [0.1, 0.15) is 17.2 Å². The maximum atomic E-state index is 11.0. The zero-order valence-electron chi connectivity index (χ0n) is 11.6. The molecule has 0 aliphatic heterocycles. The molecule has 2 aromatic rings. The van der Waals surface area contributed by atoms with Crippen LogP contribution in [0.2, 0.25) is 0 Å². The van der Waals surface area contributed by atoms with Crippen molar-refractivity contribution in [2.45, 2.75) is 18.6 Å². The number of halogens is 1. The Labute approximate surface area is 133 Å². The van der Waals surface area contributed by atoms with Crippen LogP contribution in [0.4, 0.5) is 5.69 Å². The SMILES string of the molecule is Cl.N[C@H](c1cc(O)ccc1[N+](=O)[O-])[C@@H](O)Cc1ccccc1. The normalized spacial score (nSPS) is 13.0. The average Bonchev–Trinajstić information content (AvgIpc) is 2.47. The molecule has 6 nitrogen and oxygen atoms in total. The van der Waals surface area contributed by atoms with E-state index < -0.39 is 17.1 Å². The third kappa shape index (κ3) is 4.17. The predicted octanol–water partition coefficient (Wildman–Crippen LogP) is 2.33. The highest BCUT2D eigenvalue weighted by Crippen LogP contribution is 2.30. The van der Waals surface area contributed by atoms with Crippen molar-refractivity contribution >= 4 is 18.1 Å². The van der Waals surface area contributed by atoms with Gasteiger partial charge in [-0.3, -0.25) is 10.1 Å². The molecule has 2 rings (SSSR count). The first-order valence-electron chi connectivity index (χ1n) is 6.44. The summed E-state index contributed by atoms with van der Waals surface area (Å²) in [7, 11) is 0. The average molecular weight is 325 g/mol. The second kappa shape index (κ2) is 7.74. The zero-order valence-corrected chi connectivity index (χ0v) is 12.4. The van der Waals surface area contributed by atoms with Gasteiger partial charge < -0.3 is 15.9 Å². The Morgan fingerprint density at radius 1 is 1.18 bits per heavy atom. The van der Waals surface area contributed by atoms with E-state index in [2.05, 4.69) is 0 Å². The summed E-state index contributed by atoms with van der Waals surface area (Å²) in [5, 5.41) is 30.7. The fourth-order valence-corrected chi connectivity index (χ4v) is 2.16. The van der Waals surface area contributed by atoms with E-state index in [9.17, 15) is 20.3 Å². The molecule has 2 atom stereocenters. The summed E-state index contributed by atoms with van der Waals surface area (Å²) < 4.78 is 0. The number of hydrogen-bond donors (Lipinski definition) is 3. The molecule has 0 heterocycles. The number of nitro groups is 1. The van der Waals surface area contributed by atoms with E-state index in [1.807, 2.05) is 30.3 Å². The molecule has 22 heavy (non-hydrogen) atoms. The molecule has 7 heteroatoms. The van der Waals surface area contributed by atoms with Gasteiger partial charge in [-0.25, -0.2) is 0 Å². The summed E-state index contributed by atoms with van der Waals surface area (Å²) in [5.74, 6) is -0.127. The van der Waals surface area contributed by atoms with Crippen LogP contribution in [-0.2, 0) is 6.42 Å². The minimum atomic E-state index is -0.993. The Morgan fingerprint density at radius 2 is 1.82 bits per heavy atom. The van der Waals surface area contributed by atoms with Crippen LogP contribution in [0, 0.1) is 10.1 Å². The quantitative estimate of drug-likeness (QED) is 0.577. The van der Waals surface area contributed by atoms with Crippen LogP contribution in [0.15, 0.2) is 48.5 Å². The van der Waals surface area contributed by atoms with Crippen LogP contribution in [0.25, 0.3) is 0 Å². The van der Waals surface area contributed by atoms with E-state index in [4.69, 9.17) is 5.73 Å². The molecule has 0 aliphatic carbocycles. The third-order valence-corrected chi connectivity index (χ3v) is 3.27. The molecule has 0 bridgehead atoms. The van der Waals surface area contributed by atoms with Gasteiger partial charge in [0.15, 0.2) is 0 Å². The highest BCUT2D eigenvalue weighted by molar-refractivity contribution is 5.85. The minimum absolute atomic E-state index is 0. The Kier molecular flexibility index (Phi) is 6.30. The van der Waals surface area contributed by atoms with E-state index in [1.165, 1.54) is 18.2 Å². The maximum absolute atomic E-state index is 11.0. The summed E-state index contributed by atoms with van der Waals surface area (Å²) >= 11 is 0. The van der Waals surface area contributed by atoms with Crippen molar-refractivity contribution in [2.75, 3.05) is 0 Å². The topological polar surface area (TPSA) is 110 Å². The van der Waals surface area contributed by atoms with E-state index in [1.54, 1.807) is 0 Å². The first-order chi connectivity index (χ1) is 9.99. The molecule has 118 valence electrons. The van der Waals surface area contributed by atoms with Gasteiger partial charge in [0.1, 0.15) is 5.75 Å². The first-order valence-corrected chi connectivity index (χ1v) is 6.44. The number of nitro benzene ring substituents is 1. The second-order valence-corrected chi connectivity index (χ2v) is 4.78. The van der Waals surface area contributed by atoms with Gasteiger partial charge in [0.05, 0.1) is 22.6 Å². The van der Waals surface area contributed by atoms with E-state index in [0.717, 1.165) is 5.56 Å². The van der Waals surface area contributed by atoms with Crippen LogP contribution >= 0.6 is 12.4 Å². The number of aliphatic hydroxyl groups excluding tert-OH is 1. The number of nitrogens with zero attached hydrogens (tertiary/aromatic N) is 1. The molecule has 0 fully saturated rings. The van der Waals surface area contributed by atoms with Crippen molar-refractivity contribution in [3.8, 4) is 5.75 Å². The van der Waals surface area contributed by atoms with Gasteiger partial charge in [0.2, 0.25) is 0 Å². The maximum Gasteiger partial charge on any atom is 0.274 e. The van der Waals surface area contributed by atoms with Gasteiger partial charge in [-0.2, -0.15) is 0 Å². The smallest absolute Gasteiger partial charge is 0.274 e. The standard InChI is InChI=1S/C15H16N2O4.ClH/c16-15(14(19)8-10-4-2-1-3-5-10)12-9-11(18)6-7-13(12)17(20)21;/h1-7,9,14-15,18-19H,8,16H2;1H/t14-,15+;/m0./s1. The fourth-order valence-electron chi connectivity index (χ4n) is 2.16. The van der Waals surface area contributed by atoms with Crippen LogP contribution < -0.4 is 5.73 Å². The summed E-state index contributed by atoms with van der Waals surface area (Å²) in [6, 6.07) is 11.9. The Bertz CT molecular complexity index is 637. The van der Waals surface area contributed by atoms with Gasteiger partial charge in [-0.15, -0.1) is 12.4 Å². The number of hydrogen-bond acceptors (Lipinski definition) is 5. The lowest BCUT2D eigenvalue weighted by molar-refractivity contribution is -0.385. The molecule has 0 spiro atoms. The Hall–Kier alpha value is -2.15. The number of phenolic OH excluding ortho intramolecular Hbond substituents is 1. The van der Waals surface area contributed by atoms with Crippen molar-refractivity contribution in [1.29, 1.82) is 0 Å². The van der Waals surface area contributed by atoms with Gasteiger partial charge in [0, 0.05) is 12.5 Å². The molecule has 0 saturated carbocycles. The lowest BCUT2D eigenvalue weighted by Gasteiger charge is -2.19. The molecule has 2 aromatic carbocycles. The third-order valence-electron chi connectivity index (χ3n) is 3.27. The number of phenols is 1. The molecule has 0 radical (unpaired) electrons. The lowest BCUT2D eigenvalue weighted by Crippen LogP contribution is -2.28. The summed E-state index contributed by atoms with van der Waals surface area (Å²) in [5.41, 5.74) is 6.71. The first kappa shape index (κ1) is 17.9. The van der Waals surface area contributed by atoms with Gasteiger partial charge >= 0.3 is 0 Å². The second-order valence-electron chi connectivity index (χ2n) is 4.78. The van der Waals surface area contributed by atoms with Crippen LogP contribution in [0.5, 0.6) is 5.75 Å². The Balaban J connectivity index is 0.00000242. The number of rotatable bonds is 5. The molecular formula is C15H17ClN2O4. The molecule has 4 N–H and O–H groups in total. The molecule has 0 aromatic heterocycles. The van der Waals surface area contributed by atoms with Gasteiger partial charge in [0.25, 0.3) is 5.69 Å². The van der Waals surface area contributed by atoms with Crippen molar-refractivity contribution in [2.24, 2.45) is 5.73 Å². The highest BCUT2D eigenvalue weighted by atomic mass is 35.5. The summed E-state index contributed by atoms with van der Waals surface area (Å²) in [4.78, 5) is 10.4. The molecule has 0 unspecified atom stereocenters. The van der Waals surface area contributed by atoms with Crippen molar-refractivity contribution in [3.63, 3.8) is 0 Å². The van der Waals surface area contributed by atoms with E-state index >= 15 is 0 Å². The number of benzene rings is 2. The molecule has 0 amide bonds. The number of aliphatic hydroxyl groups is 1. The van der Waals surface area contributed by atoms with Crippen LogP contribution in [-0.4, -0.2) is 21.2 Å². The number of nitrogens with two attached hydrogens (primary N) is 1. The zero-order chi connectivity index (χ0) is 15.4. The number of aromatic hydroxyl groups is 1. The largest absolute Gasteiger partial charge is 0.508 e. The monoisotopic (exact) mass is 324 g/mol. The van der Waals surface area contributed by atoms with Gasteiger partial charge in [-0.05, 0) is 17.7 Å². The Morgan fingerprint density at radius 3 is 2.41 bits per heavy atom. The van der Waals surface area contributed by atoms with Crippen molar-refractivity contribution in [3.05, 3.63) is 69.8 Å². The minimum Gasteiger partial charge on any atom is -0.508 e. The lowest BCUT2D eigenvalue weighted by atomic mass is 9.95. The summed E-state index contributed by atoms with van der Waals surface area (Å²) in [6.07, 6.45) is -0.720. The molecule has 0 saturated heterocycles. The molecular weight excluding hydrogens is 308 g/mol. The van der Waals surface area contributed by atoms with Crippen molar-refractivity contribution in [1.82, 2.24) is 0 Å². The van der Waals surface area contributed by atoms with E-state index in [0.29, 0.717) is 0 Å². The summed E-state index contributed by atoms with van der Waals surface area (Å²) in [6.45, 7) is 0. The predicted molar refractivity (Wildman–Crippen MR) is 85.1 cm³/mol. The van der Waals surface area contributed by atoms with Crippen LogP contribution in [0.3, 0.4) is 0 Å². The highest BCUT2D eigenvalue weighted by Gasteiger charge is 2.25. The molecule has 0 aliphatic rings. The fraction of sp³-hybridized carbons (Fsp3) is 0.200. The van der Waals surface area contributed by atoms with Gasteiger partial charge in [-0.1, -0.05) is 30.3 Å².